The van der Waals surface area contributed by atoms with E-state index in [2.05, 4.69) is 45.5 Å². The summed E-state index contributed by atoms with van der Waals surface area (Å²) in [5, 5.41) is 3.64. The highest BCUT2D eigenvalue weighted by Crippen LogP contribution is 2.32. The van der Waals surface area contributed by atoms with Crippen LogP contribution >= 0.6 is 49.0 Å². The Kier molecular flexibility index (Phi) is 11.3. The maximum Gasteiger partial charge on any atom is 0.240 e. The maximum atomic E-state index is 12.9. The van der Waals surface area contributed by atoms with Crippen molar-refractivity contribution in [2.45, 2.75) is 18.0 Å². The first-order valence-corrected chi connectivity index (χ1v) is 10.2. The van der Waals surface area contributed by atoms with Gasteiger partial charge in [0.1, 0.15) is 0 Å². The first-order chi connectivity index (χ1) is 12.8. The molecule has 0 saturated carbocycles. The second-order valence-electron chi connectivity index (χ2n) is 6.81. The molecule has 0 radical (unpaired) electrons. The van der Waals surface area contributed by atoms with E-state index in [1.165, 1.54) is 5.56 Å². The molecule has 2 saturated heterocycles. The van der Waals surface area contributed by atoms with Gasteiger partial charge in [-0.1, -0.05) is 36.4 Å². The predicted octanol–water partition coefficient (Wildman–Crippen LogP) is 3.40. The molecular formula is C20H27Cl3N4OS. The molecule has 29 heavy (non-hydrogen) atoms. The molecule has 0 bridgehead atoms. The fourth-order valence-corrected chi connectivity index (χ4v) is 4.74. The Morgan fingerprint density at radius 3 is 2.41 bits per heavy atom. The summed E-state index contributed by atoms with van der Waals surface area (Å²) in [6.45, 7) is 4.46. The lowest BCUT2D eigenvalue weighted by Gasteiger charge is -2.36. The average molecular weight is 478 g/mol. The Hall–Kier alpha value is -1.02. The van der Waals surface area contributed by atoms with E-state index in [-0.39, 0.29) is 54.5 Å². The Labute approximate surface area is 195 Å². The third-order valence-electron chi connectivity index (χ3n) is 5.00. The van der Waals surface area contributed by atoms with Crippen LogP contribution < -0.4 is 5.32 Å². The molecule has 2 aromatic rings. The second kappa shape index (κ2) is 12.6. The number of hydrogen-bond acceptors (Lipinski definition) is 5. The van der Waals surface area contributed by atoms with Gasteiger partial charge < -0.3 is 4.90 Å². The van der Waals surface area contributed by atoms with Crippen LogP contribution in [0.3, 0.4) is 0 Å². The number of benzene rings is 1. The third kappa shape index (κ3) is 6.74. The Balaban J connectivity index is 0.00000140. The summed E-state index contributed by atoms with van der Waals surface area (Å²) in [5.74, 6) is 1.06. The number of nitrogens with zero attached hydrogens (tertiary/aromatic N) is 3. The second-order valence-corrected chi connectivity index (χ2v) is 7.94. The highest BCUT2D eigenvalue weighted by Gasteiger charge is 2.34. The highest BCUT2D eigenvalue weighted by molar-refractivity contribution is 7.99. The van der Waals surface area contributed by atoms with Gasteiger partial charge in [-0.3, -0.25) is 20.0 Å². The van der Waals surface area contributed by atoms with Crippen molar-refractivity contribution in [3.63, 3.8) is 0 Å². The lowest BCUT2D eigenvalue weighted by Crippen LogP contribution is -2.53. The monoisotopic (exact) mass is 476 g/mol. The van der Waals surface area contributed by atoms with Gasteiger partial charge in [0.2, 0.25) is 5.91 Å². The molecule has 160 valence electrons. The number of piperazine rings is 1. The lowest BCUT2D eigenvalue weighted by molar-refractivity contribution is -0.134. The molecule has 9 heteroatoms. The van der Waals surface area contributed by atoms with Crippen molar-refractivity contribution in [1.29, 1.82) is 0 Å². The third-order valence-corrected chi connectivity index (χ3v) is 6.27. The van der Waals surface area contributed by atoms with Crippen LogP contribution in [0.1, 0.15) is 16.5 Å². The van der Waals surface area contributed by atoms with Crippen molar-refractivity contribution in [3.05, 3.63) is 66.0 Å². The van der Waals surface area contributed by atoms with E-state index in [0.717, 1.165) is 44.0 Å². The summed E-state index contributed by atoms with van der Waals surface area (Å²) in [4.78, 5) is 21.5. The summed E-state index contributed by atoms with van der Waals surface area (Å²) in [6, 6.07) is 14.4. The van der Waals surface area contributed by atoms with Crippen LogP contribution in [0.2, 0.25) is 0 Å². The number of thioether (sulfide) groups is 1. The lowest BCUT2D eigenvalue weighted by atomic mass is 10.2. The molecule has 2 aliphatic rings. The fraction of sp³-hybridized carbons (Fsp3) is 0.400. The van der Waals surface area contributed by atoms with Crippen molar-refractivity contribution in [1.82, 2.24) is 20.1 Å². The van der Waals surface area contributed by atoms with Crippen LogP contribution in [0.4, 0.5) is 0 Å². The molecule has 2 fully saturated rings. The normalized spacial score (nSPS) is 21.4. The van der Waals surface area contributed by atoms with Crippen LogP contribution in [0.25, 0.3) is 0 Å². The van der Waals surface area contributed by atoms with Crippen molar-refractivity contribution >= 4 is 54.9 Å². The molecule has 2 aliphatic heterocycles. The van der Waals surface area contributed by atoms with Gasteiger partial charge in [-0.15, -0.1) is 49.0 Å². The van der Waals surface area contributed by atoms with E-state index in [1.807, 2.05) is 23.2 Å². The average Bonchev–Trinajstić information content (AvgIpc) is 3.20. The number of nitrogens with one attached hydrogen (secondary N) is 1. The Morgan fingerprint density at radius 1 is 1.03 bits per heavy atom. The van der Waals surface area contributed by atoms with Crippen molar-refractivity contribution in [3.8, 4) is 0 Å². The predicted molar refractivity (Wildman–Crippen MR) is 126 cm³/mol. The van der Waals surface area contributed by atoms with E-state index < -0.39 is 0 Å². The number of carbonyl (C=O) groups excluding carboxylic acids is 1. The molecule has 4 rings (SSSR count). The van der Waals surface area contributed by atoms with Gasteiger partial charge in [0.05, 0.1) is 11.4 Å². The smallest absolute Gasteiger partial charge is 0.240 e. The number of carbonyl (C=O) groups is 1. The van der Waals surface area contributed by atoms with Crippen molar-refractivity contribution in [2.24, 2.45) is 0 Å². The molecule has 1 aromatic carbocycles. The Morgan fingerprint density at radius 2 is 1.76 bits per heavy atom. The van der Waals surface area contributed by atoms with Crippen LogP contribution in [0.15, 0.2) is 54.9 Å². The van der Waals surface area contributed by atoms with Gasteiger partial charge in [-0.2, -0.15) is 0 Å². The first kappa shape index (κ1) is 26.0. The first-order valence-electron chi connectivity index (χ1n) is 9.12. The van der Waals surface area contributed by atoms with Crippen LogP contribution in [0, 0.1) is 0 Å². The minimum Gasteiger partial charge on any atom is -0.339 e. The maximum absolute atomic E-state index is 12.9. The van der Waals surface area contributed by atoms with E-state index in [1.54, 1.807) is 18.0 Å². The minimum absolute atomic E-state index is 0. The van der Waals surface area contributed by atoms with Gasteiger partial charge >= 0.3 is 0 Å². The fourth-order valence-electron chi connectivity index (χ4n) is 3.53. The minimum atomic E-state index is -0.0918. The molecule has 1 N–H and O–H groups in total. The zero-order valence-corrected chi connectivity index (χ0v) is 19.2. The molecule has 0 aliphatic carbocycles. The van der Waals surface area contributed by atoms with Crippen molar-refractivity contribution < 1.29 is 4.79 Å². The van der Waals surface area contributed by atoms with Gasteiger partial charge in [0.25, 0.3) is 0 Å². The number of rotatable bonds is 4. The standard InChI is InChI=1S/C20H24N4OS.3ClH/c25-20(18-15-26-19(22-18)17-7-4-8-21-13-17)24-11-9-23(10-12-24)14-16-5-2-1-3-6-16;;;/h1-8,13,18-19,22H,9-12,14-15H2;3*1H. The SMILES string of the molecule is Cl.Cl.Cl.O=C(C1CSC(c2cccnc2)N1)N1CCN(Cc2ccccc2)CC1. The van der Waals surface area contributed by atoms with E-state index in [4.69, 9.17) is 0 Å². The highest BCUT2D eigenvalue weighted by atomic mass is 35.5. The van der Waals surface area contributed by atoms with Gasteiger partial charge in [0.15, 0.2) is 0 Å². The zero-order chi connectivity index (χ0) is 17.8. The number of halogens is 3. The molecule has 0 spiro atoms. The Bertz CT molecular complexity index is 733. The van der Waals surface area contributed by atoms with Crippen LogP contribution in [0.5, 0.6) is 0 Å². The summed E-state index contributed by atoms with van der Waals surface area (Å²) < 4.78 is 0. The molecule has 2 unspecified atom stereocenters. The quantitative estimate of drug-likeness (QED) is 0.731. The van der Waals surface area contributed by atoms with Gasteiger partial charge in [0, 0.05) is 50.9 Å². The molecule has 5 nitrogen and oxygen atoms in total. The summed E-state index contributed by atoms with van der Waals surface area (Å²) in [7, 11) is 0. The van der Waals surface area contributed by atoms with Crippen LogP contribution in [-0.4, -0.2) is 58.7 Å². The largest absolute Gasteiger partial charge is 0.339 e. The van der Waals surface area contributed by atoms with E-state index >= 15 is 0 Å². The topological polar surface area (TPSA) is 48.5 Å². The summed E-state index contributed by atoms with van der Waals surface area (Å²) in [6.07, 6.45) is 3.65. The van der Waals surface area contributed by atoms with Gasteiger partial charge in [-0.25, -0.2) is 0 Å². The summed E-state index contributed by atoms with van der Waals surface area (Å²) >= 11 is 1.79. The van der Waals surface area contributed by atoms with Crippen molar-refractivity contribution in [2.75, 3.05) is 31.9 Å². The number of hydrogen-bond donors (Lipinski definition) is 1. The number of pyridine rings is 1. The van der Waals surface area contributed by atoms with Gasteiger partial charge in [-0.05, 0) is 17.2 Å². The molecule has 2 atom stereocenters. The zero-order valence-electron chi connectivity index (χ0n) is 16.0. The van der Waals surface area contributed by atoms with E-state index in [9.17, 15) is 4.79 Å². The number of amides is 1. The molecule has 3 heterocycles. The molecule has 1 amide bonds. The number of aromatic nitrogens is 1. The molecular weight excluding hydrogens is 451 g/mol. The van der Waals surface area contributed by atoms with E-state index in [0.29, 0.717) is 0 Å². The summed E-state index contributed by atoms with van der Waals surface area (Å²) in [5.41, 5.74) is 2.47. The molecule has 1 aromatic heterocycles. The van der Waals surface area contributed by atoms with Crippen LogP contribution in [-0.2, 0) is 11.3 Å².